The minimum atomic E-state index is -3.72. The Kier molecular flexibility index (Phi) is 8.06. The van der Waals surface area contributed by atoms with E-state index in [2.05, 4.69) is 4.57 Å². The van der Waals surface area contributed by atoms with E-state index in [1.807, 2.05) is 81.4 Å². The number of fused-ring (bicyclic) bond motifs is 1. The number of rotatable bonds is 8. The van der Waals surface area contributed by atoms with E-state index >= 15 is 0 Å². The van der Waals surface area contributed by atoms with Gasteiger partial charge in [0, 0.05) is 47.8 Å². The smallest absolute Gasteiger partial charge is 0.258 e. The number of anilines is 1. The van der Waals surface area contributed by atoms with E-state index < -0.39 is 10.0 Å². The number of likely N-dealkylation sites (N-methyl/N-ethyl adjacent to an activating group) is 1. The van der Waals surface area contributed by atoms with E-state index in [1.165, 1.54) is 4.31 Å². The van der Waals surface area contributed by atoms with Gasteiger partial charge >= 0.3 is 0 Å². The van der Waals surface area contributed by atoms with Crippen LogP contribution < -0.4 is 14.4 Å². The molecule has 1 saturated heterocycles. The fraction of sp³-hybridized carbons (Fsp3) is 0.265. The zero-order valence-electron chi connectivity index (χ0n) is 25.2. The van der Waals surface area contributed by atoms with Gasteiger partial charge in [0.2, 0.25) is 10.0 Å². The summed E-state index contributed by atoms with van der Waals surface area (Å²) < 4.78 is 47.0. The number of benzene rings is 3. The van der Waals surface area contributed by atoms with Crippen molar-refractivity contribution in [2.24, 2.45) is 0 Å². The van der Waals surface area contributed by atoms with Crippen molar-refractivity contribution in [2.45, 2.75) is 25.7 Å². The molecule has 2 aliphatic heterocycles. The second-order valence-electron chi connectivity index (χ2n) is 10.7. The number of sulfonamides is 1. The van der Waals surface area contributed by atoms with Crippen LogP contribution in [0.2, 0.25) is 0 Å². The first-order valence-electron chi connectivity index (χ1n) is 14.6. The molecule has 1 amide bonds. The monoisotopic (exact) mass is 613 g/mol. The molecule has 1 aromatic heterocycles. The molecular weight excluding hydrogens is 578 g/mol. The van der Waals surface area contributed by atoms with Crippen LogP contribution in [0.5, 0.6) is 17.2 Å². The van der Waals surface area contributed by atoms with Gasteiger partial charge in [-0.3, -0.25) is 4.79 Å². The van der Waals surface area contributed by atoms with Crippen LogP contribution in [0, 0.1) is 13.8 Å². The summed E-state index contributed by atoms with van der Waals surface area (Å²) in [5, 5.41) is 0. The van der Waals surface area contributed by atoms with Crippen LogP contribution in [0.3, 0.4) is 0 Å². The summed E-state index contributed by atoms with van der Waals surface area (Å²) in [6.07, 6.45) is 1.88. The van der Waals surface area contributed by atoms with Gasteiger partial charge in [0.05, 0.1) is 30.9 Å². The summed E-state index contributed by atoms with van der Waals surface area (Å²) in [4.78, 5) is 15.5. The fourth-order valence-electron chi connectivity index (χ4n) is 5.82. The van der Waals surface area contributed by atoms with E-state index in [0.29, 0.717) is 61.2 Å². The second kappa shape index (κ2) is 12.0. The Morgan fingerprint density at radius 3 is 2.16 bits per heavy atom. The Morgan fingerprint density at radius 2 is 1.52 bits per heavy atom. The Labute approximate surface area is 257 Å². The molecule has 0 spiro atoms. The number of morpholine rings is 1. The van der Waals surface area contributed by atoms with Crippen molar-refractivity contribution in [3.8, 4) is 22.9 Å². The van der Waals surface area contributed by atoms with Crippen molar-refractivity contribution < 1.29 is 27.4 Å². The standard InChI is InChI=1S/C34H35N3O6S/c1-5-36-33-15-14-30(44(39,40)35-16-18-42-19-17-35)22-31(33)32(34(36)38)21-25-20-23(2)37(24(25)3)26-6-8-28(9-7-26)43-29-12-10-27(41-4)11-13-29/h6-15,20-22H,5,16-19H2,1-4H3. The van der Waals surface area contributed by atoms with Gasteiger partial charge in [0.25, 0.3) is 5.91 Å². The van der Waals surface area contributed by atoms with Crippen LogP contribution >= 0.6 is 0 Å². The number of methoxy groups -OCH3 is 1. The Hall–Kier alpha value is -4.38. The van der Waals surface area contributed by atoms with Crippen molar-refractivity contribution in [2.75, 3.05) is 44.9 Å². The average Bonchev–Trinajstić information content (AvgIpc) is 3.48. The lowest BCUT2D eigenvalue weighted by Crippen LogP contribution is -2.40. The molecule has 0 unspecified atom stereocenters. The summed E-state index contributed by atoms with van der Waals surface area (Å²) in [5.74, 6) is 2.04. The molecule has 2 aliphatic rings. The lowest BCUT2D eigenvalue weighted by Gasteiger charge is -2.26. The van der Waals surface area contributed by atoms with Crippen LogP contribution in [-0.2, 0) is 19.6 Å². The highest BCUT2D eigenvalue weighted by Crippen LogP contribution is 2.40. The highest BCUT2D eigenvalue weighted by atomic mass is 32.2. The lowest BCUT2D eigenvalue weighted by atomic mass is 10.0. The zero-order chi connectivity index (χ0) is 31.0. The van der Waals surface area contributed by atoms with Gasteiger partial charge < -0.3 is 23.7 Å². The molecule has 9 nitrogen and oxygen atoms in total. The molecule has 0 bridgehead atoms. The minimum absolute atomic E-state index is 0.145. The normalized spacial score (nSPS) is 16.4. The number of aryl methyl sites for hydroxylation is 1. The number of amides is 1. The van der Waals surface area contributed by atoms with Gasteiger partial charge in [0.1, 0.15) is 17.2 Å². The maximum atomic E-state index is 13.6. The Bertz CT molecular complexity index is 1840. The van der Waals surface area contributed by atoms with Crippen molar-refractivity contribution >= 4 is 33.3 Å². The first-order valence-corrected chi connectivity index (χ1v) is 16.0. The summed E-state index contributed by atoms with van der Waals surface area (Å²) in [6, 6.07) is 22.3. The number of ether oxygens (including phenoxy) is 3. The Balaban J connectivity index is 1.32. The average molecular weight is 614 g/mol. The summed E-state index contributed by atoms with van der Waals surface area (Å²) in [5.41, 5.74) is 5.61. The molecule has 4 aromatic rings. The highest BCUT2D eigenvalue weighted by molar-refractivity contribution is 7.89. The third-order valence-corrected chi connectivity index (χ3v) is 10.0. The Morgan fingerprint density at radius 1 is 0.886 bits per heavy atom. The third kappa shape index (κ3) is 5.40. The molecule has 3 aromatic carbocycles. The third-order valence-electron chi connectivity index (χ3n) is 8.11. The van der Waals surface area contributed by atoms with Crippen LogP contribution in [0.15, 0.2) is 77.7 Å². The summed E-state index contributed by atoms with van der Waals surface area (Å²) in [7, 11) is -2.09. The SMILES string of the molecule is CCN1C(=O)C(=Cc2cc(C)n(-c3ccc(Oc4ccc(OC)cc4)cc3)c2C)c2cc(S(=O)(=O)N3CCOCC3)ccc21. The number of carbonyl (C=O) groups excluding carboxylic acids is 1. The van der Waals surface area contributed by atoms with E-state index in [0.717, 1.165) is 28.4 Å². The number of aromatic nitrogens is 1. The largest absolute Gasteiger partial charge is 0.497 e. The molecule has 0 radical (unpaired) electrons. The first kappa shape index (κ1) is 29.7. The van der Waals surface area contributed by atoms with Crippen LogP contribution in [0.25, 0.3) is 17.3 Å². The molecule has 1 fully saturated rings. The molecule has 0 atom stereocenters. The second-order valence-corrected chi connectivity index (χ2v) is 12.7. The predicted octanol–water partition coefficient (Wildman–Crippen LogP) is 5.82. The number of hydrogen-bond donors (Lipinski definition) is 0. The van der Waals surface area contributed by atoms with Crippen molar-refractivity contribution in [1.29, 1.82) is 0 Å². The fourth-order valence-corrected chi connectivity index (χ4v) is 7.25. The zero-order valence-corrected chi connectivity index (χ0v) is 26.1. The lowest BCUT2D eigenvalue weighted by molar-refractivity contribution is -0.112. The van der Waals surface area contributed by atoms with E-state index in [1.54, 1.807) is 30.2 Å². The van der Waals surface area contributed by atoms with Gasteiger partial charge in [-0.15, -0.1) is 0 Å². The topological polar surface area (TPSA) is 90.3 Å². The number of nitrogens with zero attached hydrogens (tertiary/aromatic N) is 3. The van der Waals surface area contributed by atoms with Gasteiger partial charge in [0.15, 0.2) is 0 Å². The van der Waals surface area contributed by atoms with Crippen molar-refractivity contribution in [1.82, 2.24) is 8.87 Å². The molecular formula is C34H35N3O6S. The van der Waals surface area contributed by atoms with E-state index in [-0.39, 0.29) is 10.8 Å². The predicted molar refractivity (Wildman–Crippen MR) is 170 cm³/mol. The van der Waals surface area contributed by atoms with Crippen molar-refractivity contribution in [3.63, 3.8) is 0 Å². The summed E-state index contributed by atoms with van der Waals surface area (Å²) in [6.45, 7) is 7.77. The number of carbonyl (C=O) groups is 1. The maximum Gasteiger partial charge on any atom is 0.258 e. The molecule has 0 aliphatic carbocycles. The first-order chi connectivity index (χ1) is 21.2. The van der Waals surface area contributed by atoms with Gasteiger partial charge in [-0.25, -0.2) is 8.42 Å². The molecule has 0 saturated carbocycles. The van der Waals surface area contributed by atoms with Crippen molar-refractivity contribution in [3.05, 3.63) is 95.3 Å². The molecule has 228 valence electrons. The number of hydrogen-bond acceptors (Lipinski definition) is 6. The molecule has 44 heavy (non-hydrogen) atoms. The van der Waals surface area contributed by atoms with Gasteiger partial charge in [-0.1, -0.05) is 0 Å². The van der Waals surface area contributed by atoms with Gasteiger partial charge in [-0.05, 0) is 105 Å². The van der Waals surface area contributed by atoms with Gasteiger partial charge in [-0.2, -0.15) is 4.31 Å². The van der Waals surface area contributed by atoms with Crippen LogP contribution in [-0.4, -0.2) is 63.2 Å². The maximum absolute atomic E-state index is 13.6. The van der Waals surface area contributed by atoms with E-state index in [4.69, 9.17) is 14.2 Å². The molecule has 0 N–H and O–H groups in total. The summed E-state index contributed by atoms with van der Waals surface area (Å²) >= 11 is 0. The highest BCUT2D eigenvalue weighted by Gasteiger charge is 2.34. The van der Waals surface area contributed by atoms with Crippen LogP contribution in [0.1, 0.15) is 29.4 Å². The molecule has 6 rings (SSSR count). The van der Waals surface area contributed by atoms with Crippen LogP contribution in [0.4, 0.5) is 5.69 Å². The van der Waals surface area contributed by atoms with E-state index in [9.17, 15) is 13.2 Å². The minimum Gasteiger partial charge on any atom is -0.497 e. The molecule has 10 heteroatoms. The molecule has 3 heterocycles. The quantitative estimate of drug-likeness (QED) is 0.233.